The fraction of sp³-hybridized carbons (Fsp3) is 0.316. The molecular weight excluding hydrogens is 306 g/mol. The highest BCUT2D eigenvalue weighted by Crippen LogP contribution is 2.38. The number of aryl methyl sites for hydroxylation is 1. The monoisotopic (exact) mass is 327 g/mol. The molecule has 0 radical (unpaired) electrons. The summed E-state index contributed by atoms with van der Waals surface area (Å²) in [7, 11) is 4.61. The second-order valence-corrected chi connectivity index (χ2v) is 5.68. The molecule has 1 unspecified atom stereocenters. The number of carbonyl (C=O) groups is 1. The standard InChI is InChI=1S/C19H21NO4/c1-22-16-10-13(11-17(23-2)18(16)24-3)19(21)20-15-9-8-12-6-4-5-7-14(12)15/h4-7,10-11,15H,8-9H2,1-3H3,(H,20,21). The molecule has 1 N–H and O–H groups in total. The van der Waals surface area contributed by atoms with Crippen LogP contribution in [0.5, 0.6) is 17.2 Å². The summed E-state index contributed by atoms with van der Waals surface area (Å²) in [6, 6.07) is 11.6. The Morgan fingerprint density at radius 2 is 1.71 bits per heavy atom. The van der Waals surface area contributed by atoms with E-state index in [2.05, 4.69) is 17.4 Å². The molecule has 126 valence electrons. The first-order valence-corrected chi connectivity index (χ1v) is 7.86. The Kier molecular flexibility index (Phi) is 4.60. The first-order chi connectivity index (χ1) is 11.7. The van der Waals surface area contributed by atoms with Crippen LogP contribution in [0, 0.1) is 0 Å². The molecule has 5 nitrogen and oxygen atoms in total. The summed E-state index contributed by atoms with van der Waals surface area (Å²) >= 11 is 0. The zero-order chi connectivity index (χ0) is 17.1. The molecule has 1 amide bonds. The van der Waals surface area contributed by atoms with E-state index >= 15 is 0 Å². The van der Waals surface area contributed by atoms with Crippen LogP contribution in [0.2, 0.25) is 0 Å². The Labute approximate surface area is 141 Å². The van der Waals surface area contributed by atoms with Gasteiger partial charge in [-0.1, -0.05) is 24.3 Å². The van der Waals surface area contributed by atoms with Gasteiger partial charge in [-0.2, -0.15) is 0 Å². The number of benzene rings is 2. The van der Waals surface area contributed by atoms with E-state index in [4.69, 9.17) is 14.2 Å². The summed E-state index contributed by atoms with van der Waals surface area (Å²) in [5.74, 6) is 1.25. The topological polar surface area (TPSA) is 56.8 Å². The van der Waals surface area contributed by atoms with Crippen LogP contribution < -0.4 is 19.5 Å². The van der Waals surface area contributed by atoms with Crippen molar-refractivity contribution < 1.29 is 19.0 Å². The minimum absolute atomic E-state index is 0.0350. The Morgan fingerprint density at radius 1 is 1.04 bits per heavy atom. The number of rotatable bonds is 5. The molecule has 0 saturated carbocycles. The van der Waals surface area contributed by atoms with Crippen molar-refractivity contribution in [2.24, 2.45) is 0 Å². The molecule has 0 bridgehead atoms. The van der Waals surface area contributed by atoms with Gasteiger partial charge in [-0.15, -0.1) is 0 Å². The molecule has 0 fully saturated rings. The highest BCUT2D eigenvalue weighted by Gasteiger charge is 2.25. The lowest BCUT2D eigenvalue weighted by molar-refractivity contribution is 0.0936. The summed E-state index contributed by atoms with van der Waals surface area (Å²) in [5.41, 5.74) is 2.97. The molecule has 0 heterocycles. The Morgan fingerprint density at radius 3 is 2.33 bits per heavy atom. The van der Waals surface area contributed by atoms with Gasteiger partial charge >= 0.3 is 0 Å². The molecule has 2 aromatic rings. The van der Waals surface area contributed by atoms with Gasteiger partial charge in [0.1, 0.15) is 0 Å². The number of methoxy groups -OCH3 is 3. The maximum atomic E-state index is 12.7. The van der Waals surface area contributed by atoms with E-state index in [1.807, 2.05) is 12.1 Å². The van der Waals surface area contributed by atoms with Crippen LogP contribution in [-0.4, -0.2) is 27.2 Å². The van der Waals surface area contributed by atoms with Crippen LogP contribution in [-0.2, 0) is 6.42 Å². The fourth-order valence-corrected chi connectivity index (χ4v) is 3.16. The minimum atomic E-state index is -0.157. The van der Waals surface area contributed by atoms with Gasteiger partial charge in [-0.25, -0.2) is 0 Å². The van der Waals surface area contributed by atoms with E-state index in [0.717, 1.165) is 12.8 Å². The molecule has 1 aliphatic carbocycles. The summed E-state index contributed by atoms with van der Waals surface area (Å²) in [6.45, 7) is 0. The molecule has 24 heavy (non-hydrogen) atoms. The van der Waals surface area contributed by atoms with Crippen LogP contribution in [0.4, 0.5) is 0 Å². The van der Waals surface area contributed by atoms with Crippen molar-refractivity contribution in [3.63, 3.8) is 0 Å². The maximum Gasteiger partial charge on any atom is 0.252 e. The van der Waals surface area contributed by atoms with Crippen molar-refractivity contribution in [1.82, 2.24) is 5.32 Å². The molecule has 1 atom stereocenters. The van der Waals surface area contributed by atoms with Crippen LogP contribution in [0.1, 0.15) is 33.9 Å². The van der Waals surface area contributed by atoms with Crippen LogP contribution >= 0.6 is 0 Å². The quantitative estimate of drug-likeness (QED) is 0.917. The number of ether oxygens (including phenoxy) is 3. The molecule has 0 saturated heterocycles. The van der Waals surface area contributed by atoms with E-state index < -0.39 is 0 Å². The number of nitrogens with one attached hydrogen (secondary N) is 1. The zero-order valence-corrected chi connectivity index (χ0v) is 14.1. The lowest BCUT2D eigenvalue weighted by Gasteiger charge is -2.17. The molecule has 0 aromatic heterocycles. The summed E-state index contributed by atoms with van der Waals surface area (Å²) in [5, 5.41) is 3.10. The Hall–Kier alpha value is -2.69. The third kappa shape index (κ3) is 2.89. The van der Waals surface area contributed by atoms with Crippen LogP contribution in [0.3, 0.4) is 0 Å². The van der Waals surface area contributed by atoms with Crippen molar-refractivity contribution in [3.05, 3.63) is 53.1 Å². The minimum Gasteiger partial charge on any atom is -0.493 e. The summed E-state index contributed by atoms with van der Waals surface area (Å²) in [4.78, 5) is 12.7. The average molecular weight is 327 g/mol. The normalized spacial score (nSPS) is 15.5. The lowest BCUT2D eigenvalue weighted by Crippen LogP contribution is -2.27. The van der Waals surface area contributed by atoms with Gasteiger partial charge in [0, 0.05) is 5.56 Å². The van der Waals surface area contributed by atoms with E-state index in [1.54, 1.807) is 12.1 Å². The molecule has 2 aromatic carbocycles. The summed E-state index contributed by atoms with van der Waals surface area (Å²) in [6.07, 6.45) is 1.89. The zero-order valence-electron chi connectivity index (χ0n) is 14.1. The van der Waals surface area contributed by atoms with Crippen molar-refractivity contribution in [3.8, 4) is 17.2 Å². The number of carbonyl (C=O) groups excluding carboxylic acids is 1. The number of fused-ring (bicyclic) bond motifs is 1. The van der Waals surface area contributed by atoms with Crippen molar-refractivity contribution in [2.45, 2.75) is 18.9 Å². The van der Waals surface area contributed by atoms with Crippen molar-refractivity contribution in [2.75, 3.05) is 21.3 Å². The Balaban J connectivity index is 1.86. The van der Waals surface area contributed by atoms with Gasteiger partial charge < -0.3 is 19.5 Å². The molecular formula is C19H21NO4. The Bertz CT molecular complexity index is 732. The third-order valence-corrected chi connectivity index (χ3v) is 4.37. The highest BCUT2D eigenvalue weighted by molar-refractivity contribution is 5.96. The number of amides is 1. The maximum absolute atomic E-state index is 12.7. The summed E-state index contributed by atoms with van der Waals surface area (Å²) < 4.78 is 15.9. The SMILES string of the molecule is COc1cc(C(=O)NC2CCc3ccccc32)cc(OC)c1OC. The largest absolute Gasteiger partial charge is 0.493 e. The molecule has 5 heteroatoms. The van der Waals surface area contributed by atoms with Gasteiger partial charge in [-0.05, 0) is 36.1 Å². The van der Waals surface area contributed by atoms with Gasteiger partial charge in [-0.3, -0.25) is 4.79 Å². The molecule has 0 aliphatic heterocycles. The van der Waals surface area contributed by atoms with Crippen molar-refractivity contribution in [1.29, 1.82) is 0 Å². The molecule has 0 spiro atoms. The first kappa shape index (κ1) is 16.2. The second kappa shape index (κ2) is 6.83. The van der Waals surface area contributed by atoms with Gasteiger partial charge in [0.05, 0.1) is 27.4 Å². The van der Waals surface area contributed by atoms with Crippen molar-refractivity contribution >= 4 is 5.91 Å². The lowest BCUT2D eigenvalue weighted by atomic mass is 10.1. The number of hydrogen-bond acceptors (Lipinski definition) is 4. The smallest absolute Gasteiger partial charge is 0.252 e. The van der Waals surface area contributed by atoms with E-state index in [-0.39, 0.29) is 11.9 Å². The van der Waals surface area contributed by atoms with E-state index in [0.29, 0.717) is 22.8 Å². The second-order valence-electron chi connectivity index (χ2n) is 5.68. The van der Waals surface area contributed by atoms with Gasteiger partial charge in [0.15, 0.2) is 11.5 Å². The molecule has 3 rings (SSSR count). The van der Waals surface area contributed by atoms with E-state index in [1.165, 1.54) is 32.5 Å². The highest BCUT2D eigenvalue weighted by atomic mass is 16.5. The number of hydrogen-bond donors (Lipinski definition) is 1. The third-order valence-electron chi connectivity index (χ3n) is 4.37. The van der Waals surface area contributed by atoms with Gasteiger partial charge in [0.25, 0.3) is 5.91 Å². The fourth-order valence-electron chi connectivity index (χ4n) is 3.16. The van der Waals surface area contributed by atoms with Crippen LogP contribution in [0.15, 0.2) is 36.4 Å². The first-order valence-electron chi connectivity index (χ1n) is 7.86. The average Bonchev–Trinajstić information content (AvgIpc) is 3.03. The predicted molar refractivity (Wildman–Crippen MR) is 91.1 cm³/mol. The molecule has 1 aliphatic rings. The van der Waals surface area contributed by atoms with E-state index in [9.17, 15) is 4.79 Å². The van der Waals surface area contributed by atoms with Gasteiger partial charge in [0.2, 0.25) is 5.75 Å². The predicted octanol–water partition coefficient (Wildman–Crippen LogP) is 3.13. The van der Waals surface area contributed by atoms with Crippen LogP contribution in [0.25, 0.3) is 0 Å².